The Kier molecular flexibility index (Phi) is 11.7. The fourth-order valence-corrected chi connectivity index (χ4v) is 8.69. The molecule has 1 atom stereocenters. The van der Waals surface area contributed by atoms with Gasteiger partial charge in [0.1, 0.15) is 5.60 Å². The van der Waals surface area contributed by atoms with Gasteiger partial charge < -0.3 is 29.7 Å². The van der Waals surface area contributed by atoms with Crippen molar-refractivity contribution < 1.29 is 27.8 Å². The summed E-state index contributed by atoms with van der Waals surface area (Å²) >= 11 is 0. The first-order valence-electron chi connectivity index (χ1n) is 17.2. The number of nitrogens with zero attached hydrogens (tertiary/aromatic N) is 4. The van der Waals surface area contributed by atoms with E-state index in [0.29, 0.717) is 53.8 Å². The Morgan fingerprint density at radius 2 is 1.69 bits per heavy atom. The third-order valence-corrected chi connectivity index (χ3v) is 11.8. The van der Waals surface area contributed by atoms with E-state index >= 15 is 0 Å². The highest BCUT2D eigenvalue weighted by molar-refractivity contribution is 7.89. The Bertz CT molecular complexity index is 1550. The number of amides is 1. The second-order valence-corrected chi connectivity index (χ2v) is 16.3. The van der Waals surface area contributed by atoms with Crippen molar-refractivity contribution in [2.24, 2.45) is 5.92 Å². The van der Waals surface area contributed by atoms with E-state index in [0.717, 1.165) is 69.7 Å². The predicted molar refractivity (Wildman–Crippen MR) is 184 cm³/mol. The molecule has 0 spiro atoms. The van der Waals surface area contributed by atoms with E-state index in [4.69, 9.17) is 9.47 Å². The van der Waals surface area contributed by atoms with Crippen molar-refractivity contribution >= 4 is 21.8 Å². The van der Waals surface area contributed by atoms with Gasteiger partial charge in [0.2, 0.25) is 10.0 Å². The maximum atomic E-state index is 13.6. The third kappa shape index (κ3) is 9.07. The number of methoxy groups -OCH3 is 1. The van der Waals surface area contributed by atoms with E-state index in [-0.39, 0.29) is 6.04 Å². The number of hydrogen-bond donors (Lipinski definition) is 2. The third-order valence-electron chi connectivity index (χ3n) is 9.87. The minimum absolute atomic E-state index is 0.109. The van der Waals surface area contributed by atoms with Gasteiger partial charge in [0.05, 0.1) is 16.5 Å². The highest BCUT2D eigenvalue weighted by atomic mass is 32.2. The lowest BCUT2D eigenvalue weighted by atomic mass is 9.88. The summed E-state index contributed by atoms with van der Waals surface area (Å²) in [4.78, 5) is 17.4. The van der Waals surface area contributed by atoms with Gasteiger partial charge in [-0.3, -0.25) is 0 Å². The molecule has 2 aromatic rings. The molecule has 3 fully saturated rings. The van der Waals surface area contributed by atoms with Crippen LogP contribution in [0.4, 0.5) is 10.5 Å². The van der Waals surface area contributed by atoms with Gasteiger partial charge in [-0.25, -0.2) is 13.2 Å². The molecule has 0 radical (unpaired) electrons. The minimum atomic E-state index is -3.63. The number of hydrogen-bond acceptors (Lipinski definition) is 9. The summed E-state index contributed by atoms with van der Waals surface area (Å²) in [5.74, 6) is 0.940. The van der Waals surface area contributed by atoms with Crippen molar-refractivity contribution in [1.29, 1.82) is 5.26 Å². The molecule has 0 aromatic heterocycles. The standard InChI is InChI=1S/C36H51N5O6S/c1-36(2,3)47-35(43)38-30-14-20-41(21-15-30)48(44,45)32-7-5-6-28(23-32)27-12-16-39(17-13-27)25-26-10-18-40(19-11-26)31-8-9-33(34(42)46-4)29(22-31)24-37/h5-9,22-23,26-27,30,34,42H,10-21,25H2,1-4H3,(H,38,43). The quantitative estimate of drug-likeness (QED) is 0.352. The zero-order chi connectivity index (χ0) is 34.5. The van der Waals surface area contributed by atoms with Crippen molar-refractivity contribution in [3.05, 3.63) is 59.2 Å². The van der Waals surface area contributed by atoms with Crippen molar-refractivity contribution in [3.8, 4) is 6.07 Å². The number of nitriles is 1. The van der Waals surface area contributed by atoms with Gasteiger partial charge in [0.15, 0.2) is 6.29 Å². The Labute approximate surface area is 285 Å². The number of likely N-dealkylation sites (tertiary alicyclic amines) is 1. The first-order valence-corrected chi connectivity index (χ1v) is 18.6. The lowest BCUT2D eigenvalue weighted by Crippen LogP contribution is -2.47. The van der Waals surface area contributed by atoms with Gasteiger partial charge >= 0.3 is 6.09 Å². The maximum Gasteiger partial charge on any atom is 0.407 e. The highest BCUT2D eigenvalue weighted by Crippen LogP contribution is 2.33. The highest BCUT2D eigenvalue weighted by Gasteiger charge is 2.32. The summed E-state index contributed by atoms with van der Waals surface area (Å²) in [6, 6.07) is 15.2. The van der Waals surface area contributed by atoms with E-state index in [1.165, 1.54) is 11.4 Å². The number of benzene rings is 2. The van der Waals surface area contributed by atoms with Crippen molar-refractivity contribution in [2.45, 2.75) is 88.0 Å². The molecule has 0 saturated carbocycles. The molecule has 262 valence electrons. The van der Waals surface area contributed by atoms with Crippen LogP contribution >= 0.6 is 0 Å². The normalized spacial score (nSPS) is 20.3. The van der Waals surface area contributed by atoms with Crippen LogP contribution < -0.4 is 10.2 Å². The summed E-state index contributed by atoms with van der Waals surface area (Å²) < 4.78 is 39.1. The van der Waals surface area contributed by atoms with Gasteiger partial charge in [-0.15, -0.1) is 0 Å². The number of aliphatic hydroxyl groups is 1. The average molecular weight is 682 g/mol. The van der Waals surface area contributed by atoms with Crippen LogP contribution in [0.2, 0.25) is 0 Å². The molecule has 0 bridgehead atoms. The molecular weight excluding hydrogens is 630 g/mol. The Balaban J connectivity index is 1.08. The first kappa shape index (κ1) is 36.1. The first-order chi connectivity index (χ1) is 22.9. The molecular formula is C36H51N5O6S. The van der Waals surface area contributed by atoms with Crippen LogP contribution in [0.3, 0.4) is 0 Å². The molecule has 2 N–H and O–H groups in total. The molecule has 3 heterocycles. The summed E-state index contributed by atoms with van der Waals surface area (Å²) in [5.41, 5.74) is 2.44. The monoisotopic (exact) mass is 681 g/mol. The van der Waals surface area contributed by atoms with Crippen LogP contribution in [0.1, 0.15) is 88.2 Å². The number of rotatable bonds is 9. The zero-order valence-corrected chi connectivity index (χ0v) is 29.5. The van der Waals surface area contributed by atoms with Gasteiger partial charge in [-0.1, -0.05) is 18.2 Å². The number of ether oxygens (including phenoxy) is 2. The summed E-state index contributed by atoms with van der Waals surface area (Å²) in [6.45, 7) is 11.1. The zero-order valence-electron chi connectivity index (χ0n) is 28.7. The SMILES string of the molecule is COC(O)c1ccc(N2CCC(CN3CCC(c4cccc(S(=O)(=O)N5CCC(NC(=O)OC(C)(C)C)CC5)c4)CC3)CC2)cc1C#N. The Hall–Kier alpha value is -3.21. The predicted octanol–water partition coefficient (Wildman–Crippen LogP) is 4.97. The van der Waals surface area contributed by atoms with Crippen molar-refractivity contribution in [3.63, 3.8) is 0 Å². The topological polar surface area (TPSA) is 135 Å². The summed E-state index contributed by atoms with van der Waals surface area (Å²) in [5, 5.41) is 22.5. The van der Waals surface area contributed by atoms with Gasteiger partial charge in [-0.2, -0.15) is 9.57 Å². The molecule has 1 amide bonds. The molecule has 1 unspecified atom stereocenters. The fourth-order valence-electron chi connectivity index (χ4n) is 7.16. The largest absolute Gasteiger partial charge is 0.444 e. The molecule has 12 heteroatoms. The maximum absolute atomic E-state index is 13.6. The Morgan fingerprint density at radius 3 is 2.31 bits per heavy atom. The second kappa shape index (κ2) is 15.6. The number of sulfonamides is 1. The molecule has 0 aliphatic carbocycles. The van der Waals surface area contributed by atoms with E-state index in [1.807, 2.05) is 45.0 Å². The van der Waals surface area contributed by atoms with Crippen LogP contribution in [0.5, 0.6) is 0 Å². The number of alkyl carbamates (subject to hydrolysis) is 1. The van der Waals surface area contributed by atoms with E-state index in [1.54, 1.807) is 12.1 Å². The van der Waals surface area contributed by atoms with E-state index in [2.05, 4.69) is 27.3 Å². The smallest absolute Gasteiger partial charge is 0.407 e. The molecule has 3 saturated heterocycles. The average Bonchev–Trinajstić information content (AvgIpc) is 3.07. The molecule has 3 aliphatic rings. The van der Waals surface area contributed by atoms with Crippen molar-refractivity contribution in [2.75, 3.05) is 57.8 Å². The van der Waals surface area contributed by atoms with Crippen LogP contribution in [0.25, 0.3) is 0 Å². The molecule has 48 heavy (non-hydrogen) atoms. The van der Waals surface area contributed by atoms with Crippen molar-refractivity contribution in [1.82, 2.24) is 14.5 Å². The van der Waals surface area contributed by atoms with Crippen LogP contribution in [0.15, 0.2) is 47.4 Å². The van der Waals surface area contributed by atoms with Gasteiger partial charge in [-0.05, 0) is 114 Å². The van der Waals surface area contributed by atoms with Crippen LogP contribution in [-0.2, 0) is 19.5 Å². The van der Waals surface area contributed by atoms with Crippen LogP contribution in [-0.4, -0.2) is 93.4 Å². The van der Waals surface area contributed by atoms with E-state index < -0.39 is 28.0 Å². The minimum Gasteiger partial charge on any atom is -0.444 e. The summed E-state index contributed by atoms with van der Waals surface area (Å²) in [6.07, 6.45) is 3.69. The molecule has 11 nitrogen and oxygen atoms in total. The lowest BCUT2D eigenvalue weighted by molar-refractivity contribution is -0.0771. The Morgan fingerprint density at radius 1 is 1.00 bits per heavy atom. The number of carbonyl (C=O) groups is 1. The molecule has 5 rings (SSSR count). The van der Waals surface area contributed by atoms with Crippen LogP contribution in [0, 0.1) is 17.2 Å². The lowest BCUT2D eigenvalue weighted by Gasteiger charge is -2.38. The number of nitrogens with one attached hydrogen (secondary N) is 1. The number of anilines is 1. The summed E-state index contributed by atoms with van der Waals surface area (Å²) in [7, 11) is -2.21. The molecule has 3 aliphatic heterocycles. The van der Waals surface area contributed by atoms with E-state index in [9.17, 15) is 23.6 Å². The number of carbonyl (C=O) groups excluding carboxylic acids is 1. The number of aliphatic hydroxyl groups excluding tert-OH is 1. The fraction of sp³-hybridized carbons (Fsp3) is 0.611. The number of piperidine rings is 3. The second-order valence-electron chi connectivity index (χ2n) is 14.4. The van der Waals surface area contributed by atoms with Gasteiger partial charge in [0, 0.05) is 57.1 Å². The molecule has 2 aromatic carbocycles. The van der Waals surface area contributed by atoms with Gasteiger partial charge in [0.25, 0.3) is 0 Å².